The SMILES string of the molecule is CC(=O)NCCNC(=O)c1cc(Cl)c2c(c1)OCO2. The summed E-state index contributed by atoms with van der Waals surface area (Å²) in [5, 5.41) is 5.58. The van der Waals surface area contributed by atoms with Crippen LogP contribution in [0.15, 0.2) is 12.1 Å². The topological polar surface area (TPSA) is 76.7 Å². The number of halogens is 1. The van der Waals surface area contributed by atoms with Crippen LogP contribution in [0.5, 0.6) is 11.5 Å². The first-order valence-corrected chi connectivity index (χ1v) is 6.07. The second-order valence-corrected chi connectivity index (χ2v) is 4.34. The molecular formula is C12H13ClN2O4. The van der Waals surface area contributed by atoms with E-state index in [1.54, 1.807) is 6.07 Å². The smallest absolute Gasteiger partial charge is 0.251 e. The summed E-state index contributed by atoms with van der Waals surface area (Å²) in [4.78, 5) is 22.5. The van der Waals surface area contributed by atoms with Crippen LogP contribution in [-0.4, -0.2) is 31.7 Å². The number of carbonyl (C=O) groups excluding carboxylic acids is 2. The largest absolute Gasteiger partial charge is 0.454 e. The summed E-state index contributed by atoms with van der Waals surface area (Å²) in [5.41, 5.74) is 0.386. The maximum atomic E-state index is 11.9. The number of rotatable bonds is 4. The van der Waals surface area contributed by atoms with E-state index in [1.165, 1.54) is 13.0 Å². The van der Waals surface area contributed by atoms with Gasteiger partial charge in [-0.3, -0.25) is 9.59 Å². The minimum absolute atomic E-state index is 0.0999. The molecule has 19 heavy (non-hydrogen) atoms. The summed E-state index contributed by atoms with van der Waals surface area (Å²) >= 11 is 5.98. The summed E-state index contributed by atoms with van der Waals surface area (Å²) in [6, 6.07) is 3.09. The van der Waals surface area contributed by atoms with E-state index >= 15 is 0 Å². The molecule has 0 saturated heterocycles. The normalized spacial score (nSPS) is 12.1. The molecule has 1 aliphatic rings. The number of benzene rings is 1. The fraction of sp³-hybridized carbons (Fsp3) is 0.333. The van der Waals surface area contributed by atoms with Gasteiger partial charge in [0.25, 0.3) is 5.91 Å². The van der Waals surface area contributed by atoms with Gasteiger partial charge in [-0.2, -0.15) is 0 Å². The minimum atomic E-state index is -0.287. The molecule has 2 N–H and O–H groups in total. The Morgan fingerprint density at radius 1 is 1.26 bits per heavy atom. The van der Waals surface area contributed by atoms with Gasteiger partial charge in [-0.05, 0) is 12.1 Å². The lowest BCUT2D eigenvalue weighted by Crippen LogP contribution is -2.33. The lowest BCUT2D eigenvalue weighted by molar-refractivity contribution is -0.118. The number of nitrogens with one attached hydrogen (secondary N) is 2. The quantitative estimate of drug-likeness (QED) is 0.807. The van der Waals surface area contributed by atoms with Crippen molar-refractivity contribution in [2.45, 2.75) is 6.92 Å². The van der Waals surface area contributed by atoms with Crippen LogP contribution in [0.3, 0.4) is 0 Å². The zero-order chi connectivity index (χ0) is 13.8. The second-order valence-electron chi connectivity index (χ2n) is 3.93. The van der Waals surface area contributed by atoms with Crippen LogP contribution in [0.1, 0.15) is 17.3 Å². The zero-order valence-corrected chi connectivity index (χ0v) is 11.0. The van der Waals surface area contributed by atoms with Crippen LogP contribution in [0, 0.1) is 0 Å². The van der Waals surface area contributed by atoms with E-state index in [0.29, 0.717) is 35.2 Å². The molecule has 0 spiro atoms. The molecule has 0 aliphatic carbocycles. The molecule has 6 nitrogen and oxygen atoms in total. The fourth-order valence-electron chi connectivity index (χ4n) is 1.62. The Labute approximate surface area is 115 Å². The van der Waals surface area contributed by atoms with E-state index in [4.69, 9.17) is 21.1 Å². The number of amides is 2. The van der Waals surface area contributed by atoms with E-state index < -0.39 is 0 Å². The van der Waals surface area contributed by atoms with Crippen LogP contribution in [-0.2, 0) is 4.79 Å². The average molecular weight is 285 g/mol. The van der Waals surface area contributed by atoms with Gasteiger partial charge < -0.3 is 20.1 Å². The van der Waals surface area contributed by atoms with Gasteiger partial charge in [0.15, 0.2) is 11.5 Å². The Balaban J connectivity index is 1.96. The predicted octanol–water partition coefficient (Wildman–Crippen LogP) is 0.935. The van der Waals surface area contributed by atoms with Crippen LogP contribution in [0.25, 0.3) is 0 Å². The van der Waals surface area contributed by atoms with E-state index in [0.717, 1.165) is 0 Å². The Bertz CT molecular complexity index is 519. The van der Waals surface area contributed by atoms with Gasteiger partial charge in [-0.25, -0.2) is 0 Å². The van der Waals surface area contributed by atoms with Crippen LogP contribution in [0.4, 0.5) is 0 Å². The summed E-state index contributed by atoms with van der Waals surface area (Å²) in [6.45, 7) is 2.23. The highest BCUT2D eigenvalue weighted by Gasteiger charge is 2.20. The van der Waals surface area contributed by atoms with Gasteiger partial charge in [0.05, 0.1) is 5.02 Å². The first kappa shape index (κ1) is 13.5. The van der Waals surface area contributed by atoms with Crippen molar-refractivity contribution in [3.8, 4) is 11.5 Å². The molecule has 2 amide bonds. The predicted molar refractivity (Wildman–Crippen MR) is 68.6 cm³/mol. The number of carbonyl (C=O) groups is 2. The van der Waals surface area contributed by atoms with Gasteiger partial charge in [0.1, 0.15) is 0 Å². The maximum Gasteiger partial charge on any atom is 0.251 e. The highest BCUT2D eigenvalue weighted by Crippen LogP contribution is 2.39. The second kappa shape index (κ2) is 5.79. The molecule has 0 saturated carbocycles. The number of fused-ring (bicyclic) bond motifs is 1. The van der Waals surface area contributed by atoms with Gasteiger partial charge in [0, 0.05) is 25.6 Å². The van der Waals surface area contributed by atoms with Crippen LogP contribution < -0.4 is 20.1 Å². The molecule has 0 bridgehead atoms. The Morgan fingerprint density at radius 2 is 2.00 bits per heavy atom. The first-order chi connectivity index (χ1) is 9.08. The van der Waals surface area contributed by atoms with E-state index in [-0.39, 0.29) is 18.6 Å². The minimum Gasteiger partial charge on any atom is -0.454 e. The third-order valence-electron chi connectivity index (χ3n) is 2.47. The lowest BCUT2D eigenvalue weighted by Gasteiger charge is -2.07. The summed E-state index contributed by atoms with van der Waals surface area (Å²) < 4.78 is 10.3. The molecule has 102 valence electrons. The first-order valence-electron chi connectivity index (χ1n) is 5.69. The molecule has 0 radical (unpaired) electrons. The molecule has 1 aromatic rings. The molecule has 0 unspecified atom stereocenters. The van der Waals surface area contributed by atoms with Gasteiger partial charge in [-0.1, -0.05) is 11.6 Å². The van der Waals surface area contributed by atoms with Gasteiger partial charge >= 0.3 is 0 Å². The zero-order valence-electron chi connectivity index (χ0n) is 10.3. The van der Waals surface area contributed by atoms with E-state index in [2.05, 4.69) is 10.6 Å². The lowest BCUT2D eigenvalue weighted by atomic mass is 10.2. The summed E-state index contributed by atoms with van der Waals surface area (Å²) in [6.07, 6.45) is 0. The third kappa shape index (κ3) is 3.29. The Kier molecular flexibility index (Phi) is 4.11. The molecule has 0 fully saturated rings. The molecular weight excluding hydrogens is 272 g/mol. The van der Waals surface area contributed by atoms with E-state index in [1.807, 2.05) is 0 Å². The Hall–Kier alpha value is -1.95. The van der Waals surface area contributed by atoms with Crippen molar-refractivity contribution in [3.63, 3.8) is 0 Å². The highest BCUT2D eigenvalue weighted by atomic mass is 35.5. The van der Waals surface area contributed by atoms with Crippen LogP contribution in [0.2, 0.25) is 5.02 Å². The summed E-state index contributed by atoms with van der Waals surface area (Å²) in [5.74, 6) is 0.488. The van der Waals surface area contributed by atoms with Crippen molar-refractivity contribution in [2.24, 2.45) is 0 Å². The average Bonchev–Trinajstić information content (AvgIpc) is 2.82. The molecule has 1 aliphatic heterocycles. The van der Waals surface area contributed by atoms with Gasteiger partial charge in [-0.15, -0.1) is 0 Å². The van der Waals surface area contributed by atoms with Crippen molar-refractivity contribution in [1.29, 1.82) is 0 Å². The maximum absolute atomic E-state index is 11.9. The van der Waals surface area contributed by atoms with Crippen molar-refractivity contribution in [1.82, 2.24) is 10.6 Å². The van der Waals surface area contributed by atoms with Crippen molar-refractivity contribution in [3.05, 3.63) is 22.7 Å². The van der Waals surface area contributed by atoms with Crippen LogP contribution >= 0.6 is 11.6 Å². The standard InChI is InChI=1S/C12H13ClN2O4/c1-7(16)14-2-3-15-12(17)8-4-9(13)11-10(5-8)18-6-19-11/h4-5H,2-3,6H2,1H3,(H,14,16)(H,15,17). The molecule has 0 aromatic heterocycles. The number of ether oxygens (including phenoxy) is 2. The van der Waals surface area contributed by atoms with E-state index in [9.17, 15) is 9.59 Å². The van der Waals surface area contributed by atoms with Crippen molar-refractivity contribution >= 4 is 23.4 Å². The monoisotopic (exact) mass is 284 g/mol. The fourth-order valence-corrected chi connectivity index (χ4v) is 1.88. The molecule has 1 heterocycles. The number of hydrogen-bond donors (Lipinski definition) is 2. The number of hydrogen-bond acceptors (Lipinski definition) is 4. The Morgan fingerprint density at radius 3 is 2.74 bits per heavy atom. The van der Waals surface area contributed by atoms with Gasteiger partial charge in [0.2, 0.25) is 12.7 Å². The van der Waals surface area contributed by atoms with Crippen molar-refractivity contribution in [2.75, 3.05) is 19.9 Å². The molecule has 1 aromatic carbocycles. The molecule has 7 heteroatoms. The molecule has 0 atom stereocenters. The van der Waals surface area contributed by atoms with Crippen molar-refractivity contribution < 1.29 is 19.1 Å². The highest BCUT2D eigenvalue weighted by molar-refractivity contribution is 6.32. The summed E-state index contributed by atoms with van der Waals surface area (Å²) in [7, 11) is 0. The molecule has 2 rings (SSSR count). The third-order valence-corrected chi connectivity index (χ3v) is 2.75.